The molecule has 1 atom stereocenters. The number of halogens is 1. The van der Waals surface area contributed by atoms with Crippen LogP contribution < -0.4 is 5.32 Å². The number of likely N-dealkylation sites (tertiary alicyclic amines) is 1. The summed E-state index contributed by atoms with van der Waals surface area (Å²) in [4.78, 5) is 20.4. The fraction of sp³-hybridized carbons (Fsp3) is 0.700. The van der Waals surface area contributed by atoms with E-state index in [1.165, 1.54) is 32.1 Å². The number of aromatic nitrogens is 3. The number of methoxy groups -OCH3 is 1. The van der Waals surface area contributed by atoms with Crippen LogP contribution >= 0.6 is 11.6 Å². The number of hydrogen-bond acceptors (Lipinski definition) is 5. The zero-order chi connectivity index (χ0) is 26.4. The van der Waals surface area contributed by atoms with Crippen molar-refractivity contribution in [3.05, 3.63) is 47.5 Å². The molecule has 1 saturated heterocycles. The summed E-state index contributed by atoms with van der Waals surface area (Å²) >= 11 is 6.14. The Morgan fingerprint density at radius 3 is 2.42 bits per heavy atom. The molecule has 208 valence electrons. The van der Waals surface area contributed by atoms with Gasteiger partial charge in [-0.05, 0) is 86.8 Å². The second-order valence-corrected chi connectivity index (χ2v) is 12.3. The number of benzene rings is 1. The van der Waals surface area contributed by atoms with Gasteiger partial charge in [-0.2, -0.15) is 5.10 Å². The highest BCUT2D eigenvalue weighted by atomic mass is 35.5. The van der Waals surface area contributed by atoms with Gasteiger partial charge in [-0.25, -0.2) is 4.98 Å². The Kier molecular flexibility index (Phi) is 9.39. The SMILES string of the molecule is COC1CCC(N[C@H](Cc2ccc(Cl)cc2)C(=O)N2CCC(Cn3cncn3)(C3CCCCC3)CC2)CC1. The summed E-state index contributed by atoms with van der Waals surface area (Å²) in [5.41, 5.74) is 1.34. The number of piperidine rings is 1. The van der Waals surface area contributed by atoms with E-state index in [1.807, 2.05) is 23.1 Å². The molecule has 0 bridgehead atoms. The molecule has 8 heteroatoms. The predicted octanol–water partition coefficient (Wildman–Crippen LogP) is 5.28. The Bertz CT molecular complexity index is 992. The summed E-state index contributed by atoms with van der Waals surface area (Å²) in [6.07, 6.45) is 17.4. The van der Waals surface area contributed by atoms with Gasteiger partial charge >= 0.3 is 0 Å². The molecule has 2 saturated carbocycles. The number of amides is 1. The minimum atomic E-state index is -0.224. The topological polar surface area (TPSA) is 72.3 Å². The lowest BCUT2D eigenvalue weighted by atomic mass is 9.63. The Hall–Kier alpha value is -1.96. The zero-order valence-corrected chi connectivity index (χ0v) is 23.6. The lowest BCUT2D eigenvalue weighted by Crippen LogP contribution is -2.55. The molecule has 3 fully saturated rings. The van der Waals surface area contributed by atoms with E-state index in [1.54, 1.807) is 13.4 Å². The molecule has 1 N–H and O–H groups in total. The molecule has 0 radical (unpaired) electrons. The van der Waals surface area contributed by atoms with Crippen LogP contribution in [0.1, 0.15) is 76.2 Å². The van der Waals surface area contributed by atoms with Crippen LogP contribution in [0.25, 0.3) is 0 Å². The fourth-order valence-electron chi connectivity index (χ4n) is 7.26. The first-order chi connectivity index (χ1) is 18.5. The molecule has 5 rings (SSSR count). The molecule has 7 nitrogen and oxygen atoms in total. The molecular weight excluding hydrogens is 498 g/mol. The maximum absolute atomic E-state index is 14.1. The third-order valence-corrected chi connectivity index (χ3v) is 9.83. The maximum Gasteiger partial charge on any atom is 0.240 e. The number of nitrogens with zero attached hydrogens (tertiary/aromatic N) is 4. The van der Waals surface area contributed by atoms with Gasteiger partial charge in [0.15, 0.2) is 0 Å². The Morgan fingerprint density at radius 2 is 1.79 bits per heavy atom. The third kappa shape index (κ3) is 6.78. The molecule has 1 amide bonds. The van der Waals surface area contributed by atoms with E-state index >= 15 is 0 Å². The number of nitrogens with one attached hydrogen (secondary N) is 1. The van der Waals surface area contributed by atoms with Crippen LogP contribution in [0, 0.1) is 11.3 Å². The Balaban J connectivity index is 1.28. The number of carbonyl (C=O) groups excluding carboxylic acids is 1. The molecule has 2 aromatic rings. The van der Waals surface area contributed by atoms with Gasteiger partial charge in [0, 0.05) is 37.8 Å². The van der Waals surface area contributed by atoms with Crippen molar-refractivity contribution in [1.29, 1.82) is 0 Å². The van der Waals surface area contributed by atoms with E-state index in [0.717, 1.165) is 68.7 Å². The van der Waals surface area contributed by atoms with Crippen LogP contribution in [0.3, 0.4) is 0 Å². The van der Waals surface area contributed by atoms with Crippen molar-refractivity contribution < 1.29 is 9.53 Å². The van der Waals surface area contributed by atoms with Crippen LogP contribution in [0.2, 0.25) is 5.02 Å². The summed E-state index contributed by atoms with van der Waals surface area (Å²) in [6, 6.07) is 8.07. The molecule has 3 aliphatic rings. The van der Waals surface area contributed by atoms with E-state index in [9.17, 15) is 4.79 Å². The molecule has 0 unspecified atom stereocenters. The van der Waals surface area contributed by atoms with E-state index in [4.69, 9.17) is 16.3 Å². The largest absolute Gasteiger partial charge is 0.381 e. The summed E-state index contributed by atoms with van der Waals surface area (Å²) in [6.45, 7) is 2.55. The summed E-state index contributed by atoms with van der Waals surface area (Å²) < 4.78 is 7.60. The normalized spacial score (nSPS) is 25.3. The van der Waals surface area contributed by atoms with Crippen molar-refractivity contribution in [3.63, 3.8) is 0 Å². The average Bonchev–Trinajstić information content (AvgIpc) is 3.47. The van der Waals surface area contributed by atoms with Crippen molar-refractivity contribution in [2.45, 2.75) is 102 Å². The van der Waals surface area contributed by atoms with E-state index in [-0.39, 0.29) is 17.4 Å². The van der Waals surface area contributed by atoms with Crippen LogP contribution in [0.15, 0.2) is 36.9 Å². The lowest BCUT2D eigenvalue weighted by Gasteiger charge is -2.48. The minimum absolute atomic E-state index is 0.197. The highest BCUT2D eigenvalue weighted by Crippen LogP contribution is 2.47. The van der Waals surface area contributed by atoms with Crippen LogP contribution in [0.5, 0.6) is 0 Å². The molecule has 1 aliphatic heterocycles. The summed E-state index contributed by atoms with van der Waals surface area (Å²) in [7, 11) is 1.80. The van der Waals surface area contributed by atoms with Crippen molar-refractivity contribution in [2.75, 3.05) is 20.2 Å². The molecule has 0 spiro atoms. The van der Waals surface area contributed by atoms with Gasteiger partial charge in [0.25, 0.3) is 0 Å². The molecular formula is C30H44ClN5O2. The first kappa shape index (κ1) is 27.6. The smallest absolute Gasteiger partial charge is 0.240 e. The Morgan fingerprint density at radius 1 is 1.08 bits per heavy atom. The van der Waals surface area contributed by atoms with Crippen molar-refractivity contribution >= 4 is 17.5 Å². The fourth-order valence-corrected chi connectivity index (χ4v) is 7.39. The second-order valence-electron chi connectivity index (χ2n) is 11.9. The molecule has 1 aromatic heterocycles. The van der Waals surface area contributed by atoms with Gasteiger partial charge in [-0.1, -0.05) is 43.0 Å². The number of rotatable bonds is 9. The maximum atomic E-state index is 14.1. The number of ether oxygens (including phenoxy) is 1. The van der Waals surface area contributed by atoms with Gasteiger partial charge in [-0.3, -0.25) is 9.48 Å². The standard InChI is InChI=1S/C30H44ClN5O2/c1-38-27-13-11-26(12-14-27)34-28(19-23-7-9-25(31)10-8-23)29(37)35-17-15-30(16-18-35,20-36-22-32-21-33-36)24-5-3-2-4-6-24/h7-10,21-22,24,26-28,34H,2-6,11-20H2,1H3/t26?,27?,28-/m1/s1. The van der Waals surface area contributed by atoms with Crippen LogP contribution in [-0.2, 0) is 22.5 Å². The summed E-state index contributed by atoms with van der Waals surface area (Å²) in [5.74, 6) is 0.948. The molecule has 2 aliphatic carbocycles. The van der Waals surface area contributed by atoms with E-state index in [0.29, 0.717) is 24.5 Å². The molecule has 2 heterocycles. The van der Waals surface area contributed by atoms with E-state index in [2.05, 4.69) is 32.4 Å². The minimum Gasteiger partial charge on any atom is -0.381 e. The van der Waals surface area contributed by atoms with E-state index < -0.39 is 0 Å². The number of hydrogen-bond donors (Lipinski definition) is 1. The second kappa shape index (κ2) is 12.9. The van der Waals surface area contributed by atoms with Gasteiger partial charge in [0.2, 0.25) is 5.91 Å². The monoisotopic (exact) mass is 541 g/mol. The first-order valence-electron chi connectivity index (χ1n) is 14.7. The van der Waals surface area contributed by atoms with Crippen LogP contribution in [0.4, 0.5) is 0 Å². The summed E-state index contributed by atoms with van der Waals surface area (Å²) in [5, 5.41) is 8.96. The highest BCUT2D eigenvalue weighted by Gasteiger charge is 2.44. The zero-order valence-electron chi connectivity index (χ0n) is 22.9. The van der Waals surface area contributed by atoms with Gasteiger partial charge < -0.3 is 15.0 Å². The number of carbonyl (C=O) groups is 1. The molecule has 1 aromatic carbocycles. The average molecular weight is 542 g/mol. The molecule has 38 heavy (non-hydrogen) atoms. The van der Waals surface area contributed by atoms with Crippen molar-refractivity contribution in [3.8, 4) is 0 Å². The quantitative estimate of drug-likeness (QED) is 0.467. The first-order valence-corrected chi connectivity index (χ1v) is 15.1. The van der Waals surface area contributed by atoms with Gasteiger partial charge in [0.1, 0.15) is 12.7 Å². The lowest BCUT2D eigenvalue weighted by molar-refractivity contribution is -0.137. The third-order valence-electron chi connectivity index (χ3n) is 9.58. The van der Waals surface area contributed by atoms with Gasteiger partial charge in [0.05, 0.1) is 12.1 Å². The van der Waals surface area contributed by atoms with Gasteiger partial charge in [-0.15, -0.1) is 0 Å². The predicted molar refractivity (Wildman–Crippen MR) is 150 cm³/mol. The highest BCUT2D eigenvalue weighted by molar-refractivity contribution is 6.30. The van der Waals surface area contributed by atoms with Crippen LogP contribution in [-0.4, -0.2) is 64.0 Å². The Labute approximate surface area is 232 Å². The van der Waals surface area contributed by atoms with Crippen molar-refractivity contribution in [2.24, 2.45) is 11.3 Å². The van der Waals surface area contributed by atoms with Crippen molar-refractivity contribution in [1.82, 2.24) is 25.0 Å².